The van der Waals surface area contributed by atoms with Gasteiger partial charge in [-0.15, -0.1) is 0 Å². The summed E-state index contributed by atoms with van der Waals surface area (Å²) in [7, 11) is -3.66. The van der Waals surface area contributed by atoms with Gasteiger partial charge in [0.05, 0.1) is 18.5 Å². The fourth-order valence-electron chi connectivity index (χ4n) is 4.42. The van der Waals surface area contributed by atoms with Crippen molar-refractivity contribution >= 4 is 27.5 Å². The largest absolute Gasteiger partial charge is 0.486 e. The molecule has 38 heavy (non-hydrogen) atoms. The van der Waals surface area contributed by atoms with Gasteiger partial charge in [0.15, 0.2) is 0 Å². The Morgan fingerprint density at radius 1 is 1.08 bits per heavy atom. The molecule has 1 saturated carbocycles. The van der Waals surface area contributed by atoms with E-state index < -0.39 is 10.2 Å². The van der Waals surface area contributed by atoms with Gasteiger partial charge < -0.3 is 9.64 Å². The van der Waals surface area contributed by atoms with E-state index in [1.165, 1.54) is 8.99 Å². The first-order chi connectivity index (χ1) is 18.2. The molecule has 5 rings (SSSR count). The zero-order valence-electron chi connectivity index (χ0n) is 21.6. The van der Waals surface area contributed by atoms with E-state index in [0.717, 1.165) is 24.0 Å². The van der Waals surface area contributed by atoms with Gasteiger partial charge in [-0.3, -0.25) is 4.79 Å². The van der Waals surface area contributed by atoms with E-state index in [2.05, 4.69) is 16.7 Å². The van der Waals surface area contributed by atoms with Gasteiger partial charge in [0.1, 0.15) is 5.69 Å². The molecule has 202 valence electrons. The summed E-state index contributed by atoms with van der Waals surface area (Å²) in [5.41, 5.74) is 2.79. The van der Waals surface area contributed by atoms with Gasteiger partial charge in [0, 0.05) is 43.2 Å². The predicted octanol–water partition coefficient (Wildman–Crippen LogP) is 3.53. The van der Waals surface area contributed by atoms with Gasteiger partial charge in [0.2, 0.25) is 5.75 Å². The molecular weight excluding hydrogens is 526 g/mol. The number of nitrogens with zero attached hydrogens (tertiary/aromatic N) is 4. The smallest absolute Gasteiger partial charge is 0.316 e. The van der Waals surface area contributed by atoms with E-state index in [0.29, 0.717) is 36.1 Å². The van der Waals surface area contributed by atoms with Crippen LogP contribution >= 0.6 is 11.6 Å². The Morgan fingerprint density at radius 2 is 1.82 bits per heavy atom. The van der Waals surface area contributed by atoms with Crippen molar-refractivity contribution in [3.63, 3.8) is 0 Å². The summed E-state index contributed by atoms with van der Waals surface area (Å²) >= 11 is 6.14. The highest BCUT2D eigenvalue weighted by Gasteiger charge is 2.39. The number of ether oxygens (including phenoxy) is 1. The highest BCUT2D eigenvalue weighted by molar-refractivity contribution is 7.87. The second-order valence-electron chi connectivity index (χ2n) is 10.3. The Morgan fingerprint density at radius 3 is 2.50 bits per heavy atom. The maximum Gasteiger partial charge on any atom is 0.316 e. The van der Waals surface area contributed by atoms with Crippen molar-refractivity contribution in [2.24, 2.45) is 5.41 Å². The van der Waals surface area contributed by atoms with E-state index in [9.17, 15) is 13.2 Å². The van der Waals surface area contributed by atoms with Crippen molar-refractivity contribution in [2.45, 2.75) is 33.2 Å². The molecule has 1 aliphatic heterocycles. The molecule has 1 aromatic heterocycles. The van der Waals surface area contributed by atoms with E-state index >= 15 is 0 Å². The van der Waals surface area contributed by atoms with Gasteiger partial charge in [-0.2, -0.15) is 27.2 Å². The number of rotatable bonds is 9. The van der Waals surface area contributed by atoms with Crippen LogP contribution in [0.15, 0.2) is 59.5 Å². The van der Waals surface area contributed by atoms with Gasteiger partial charge in [-0.1, -0.05) is 48.9 Å². The third-order valence-electron chi connectivity index (χ3n) is 7.26. The average molecular weight is 558 g/mol. The van der Waals surface area contributed by atoms with Crippen LogP contribution in [0.3, 0.4) is 0 Å². The molecule has 0 amide bonds. The van der Waals surface area contributed by atoms with Crippen LogP contribution in [0, 0.1) is 12.3 Å². The van der Waals surface area contributed by atoms with Crippen LogP contribution in [0.4, 0.5) is 5.69 Å². The molecule has 0 unspecified atom stereocenters. The standard InChI is InChI=1S/C27H32ClN5O4S/c1-20-6-3-4-7-21(20)17-30-38(35,36)32-14-12-31(13-15-32)24-18-29-33(23-9-5-8-22(28)16-23)26(34)25(24)37-19-27(2)10-11-27/h3-9,16,18,30H,10-15,17,19H2,1-2H3. The first-order valence-electron chi connectivity index (χ1n) is 12.7. The van der Waals surface area contributed by atoms with Crippen LogP contribution in [0.25, 0.3) is 5.69 Å². The highest BCUT2D eigenvalue weighted by atomic mass is 35.5. The number of anilines is 1. The number of nitrogens with one attached hydrogen (secondary N) is 1. The monoisotopic (exact) mass is 557 g/mol. The van der Waals surface area contributed by atoms with Crippen LogP contribution in [-0.4, -0.2) is 55.3 Å². The second kappa shape index (κ2) is 10.7. The Hall–Kier alpha value is -2.92. The Balaban J connectivity index is 1.33. The van der Waals surface area contributed by atoms with Crippen LogP contribution < -0.4 is 19.9 Å². The lowest BCUT2D eigenvalue weighted by Gasteiger charge is -2.35. The van der Waals surface area contributed by atoms with E-state index in [-0.39, 0.29) is 36.4 Å². The topological polar surface area (TPSA) is 96.8 Å². The van der Waals surface area contributed by atoms with E-state index in [1.54, 1.807) is 30.5 Å². The molecule has 2 aliphatic rings. The van der Waals surface area contributed by atoms with Crippen molar-refractivity contribution < 1.29 is 13.2 Å². The summed E-state index contributed by atoms with van der Waals surface area (Å²) < 4.78 is 37.5. The molecule has 9 nitrogen and oxygen atoms in total. The predicted molar refractivity (Wildman–Crippen MR) is 148 cm³/mol. The summed E-state index contributed by atoms with van der Waals surface area (Å²) in [6, 6.07) is 14.6. The number of aromatic nitrogens is 2. The normalized spacial score (nSPS) is 17.4. The maximum atomic E-state index is 13.5. The lowest BCUT2D eigenvalue weighted by molar-refractivity contribution is 0.242. The SMILES string of the molecule is Cc1ccccc1CNS(=O)(=O)N1CCN(c2cnn(-c3cccc(Cl)c3)c(=O)c2OCC2(C)CC2)CC1. The molecule has 1 aliphatic carbocycles. The van der Waals surface area contributed by atoms with Gasteiger partial charge in [0.25, 0.3) is 10.2 Å². The third kappa shape index (κ3) is 5.88. The summed E-state index contributed by atoms with van der Waals surface area (Å²) in [4.78, 5) is 15.5. The molecule has 0 spiro atoms. The average Bonchev–Trinajstić information content (AvgIpc) is 3.64. The van der Waals surface area contributed by atoms with E-state index in [1.807, 2.05) is 36.1 Å². The molecular formula is C27H32ClN5O4S. The summed E-state index contributed by atoms with van der Waals surface area (Å²) in [5.74, 6) is 0.224. The number of benzene rings is 2. The minimum absolute atomic E-state index is 0.0728. The van der Waals surface area contributed by atoms with Gasteiger partial charge in [-0.25, -0.2) is 0 Å². The fourth-order valence-corrected chi connectivity index (χ4v) is 5.77. The Bertz CT molecular complexity index is 1480. The minimum Gasteiger partial charge on any atom is -0.486 e. The van der Waals surface area contributed by atoms with Crippen molar-refractivity contribution in [1.29, 1.82) is 0 Å². The maximum absolute atomic E-state index is 13.5. The van der Waals surface area contributed by atoms with Crippen LogP contribution in [0.5, 0.6) is 5.75 Å². The van der Waals surface area contributed by atoms with Crippen LogP contribution in [0.1, 0.15) is 30.9 Å². The zero-order chi connectivity index (χ0) is 26.9. The van der Waals surface area contributed by atoms with Crippen molar-refractivity contribution in [3.8, 4) is 11.4 Å². The van der Waals surface area contributed by atoms with Crippen molar-refractivity contribution in [3.05, 3.63) is 81.2 Å². The number of halogens is 1. The molecule has 0 bridgehead atoms. The first-order valence-corrected chi connectivity index (χ1v) is 14.5. The zero-order valence-corrected chi connectivity index (χ0v) is 23.1. The molecule has 1 N–H and O–H groups in total. The minimum atomic E-state index is -3.66. The Kier molecular flexibility index (Phi) is 7.50. The third-order valence-corrected chi connectivity index (χ3v) is 9.05. The number of hydrogen-bond donors (Lipinski definition) is 1. The first kappa shape index (κ1) is 26.7. The van der Waals surface area contributed by atoms with E-state index in [4.69, 9.17) is 16.3 Å². The molecule has 3 aromatic rings. The van der Waals surface area contributed by atoms with Gasteiger partial charge >= 0.3 is 5.56 Å². The molecule has 2 heterocycles. The van der Waals surface area contributed by atoms with Gasteiger partial charge in [-0.05, 0) is 49.1 Å². The highest BCUT2D eigenvalue weighted by Crippen LogP contribution is 2.45. The molecule has 2 aromatic carbocycles. The van der Waals surface area contributed by atoms with Crippen LogP contribution in [-0.2, 0) is 16.8 Å². The molecule has 0 atom stereocenters. The van der Waals surface area contributed by atoms with Crippen molar-refractivity contribution in [2.75, 3.05) is 37.7 Å². The molecule has 2 fully saturated rings. The number of piperazine rings is 1. The quantitative estimate of drug-likeness (QED) is 0.432. The summed E-state index contributed by atoms with van der Waals surface area (Å²) in [5, 5.41) is 4.91. The number of aryl methyl sites for hydroxylation is 1. The fraction of sp³-hybridized carbons (Fsp3) is 0.407. The molecule has 11 heteroatoms. The second-order valence-corrected chi connectivity index (χ2v) is 12.5. The summed E-state index contributed by atoms with van der Waals surface area (Å²) in [6.45, 7) is 6.12. The summed E-state index contributed by atoms with van der Waals surface area (Å²) in [6.07, 6.45) is 3.73. The van der Waals surface area contributed by atoms with Crippen LogP contribution in [0.2, 0.25) is 5.02 Å². The van der Waals surface area contributed by atoms with Crippen molar-refractivity contribution in [1.82, 2.24) is 18.8 Å². The lowest BCUT2D eigenvalue weighted by atomic mass is 10.1. The lowest BCUT2D eigenvalue weighted by Crippen LogP contribution is -2.52. The number of hydrogen-bond acceptors (Lipinski definition) is 6. The molecule has 0 radical (unpaired) electrons. The Labute approximate surface area is 228 Å². The molecule has 1 saturated heterocycles.